The number of benzene rings is 1. The molecule has 3 aliphatic heterocycles. The summed E-state index contributed by atoms with van der Waals surface area (Å²) in [5.41, 5.74) is 1.35. The topological polar surface area (TPSA) is 46.1 Å². The molecule has 2 N–H and O–H groups in total. The Morgan fingerprint density at radius 2 is 1.79 bits per heavy atom. The second-order valence-corrected chi connectivity index (χ2v) is 7.47. The third-order valence-electron chi connectivity index (χ3n) is 6.02. The van der Waals surface area contributed by atoms with E-state index in [0.29, 0.717) is 12.1 Å². The quantitative estimate of drug-likeness (QED) is 0.324. The van der Waals surface area contributed by atoms with Crippen LogP contribution < -0.4 is 10.6 Å². The summed E-state index contributed by atoms with van der Waals surface area (Å²) in [5.74, 6) is 0.903. The maximum absolute atomic E-state index is 4.45. The van der Waals surface area contributed by atoms with Crippen molar-refractivity contribution in [2.75, 3.05) is 66.0 Å². The van der Waals surface area contributed by atoms with Gasteiger partial charge in [-0.05, 0) is 18.7 Å². The summed E-state index contributed by atoms with van der Waals surface area (Å²) < 4.78 is 0. The number of hydrogen-bond donors (Lipinski definition) is 2. The lowest BCUT2D eigenvalue weighted by atomic mass is 10.1. The molecular formula is C21H37IN6. The fraction of sp³-hybridized carbons (Fsp3) is 0.667. The van der Waals surface area contributed by atoms with Gasteiger partial charge in [0.1, 0.15) is 0 Å². The molecule has 2 atom stereocenters. The predicted molar refractivity (Wildman–Crippen MR) is 129 cm³/mol. The van der Waals surface area contributed by atoms with Crippen LogP contribution in [0.2, 0.25) is 0 Å². The molecule has 0 aromatic heterocycles. The lowest BCUT2D eigenvalue weighted by molar-refractivity contribution is 0.0154. The molecule has 3 saturated heterocycles. The van der Waals surface area contributed by atoms with E-state index in [0.717, 1.165) is 32.1 Å². The van der Waals surface area contributed by atoms with Crippen molar-refractivity contribution in [2.45, 2.75) is 25.9 Å². The molecule has 4 rings (SSSR count). The Labute approximate surface area is 187 Å². The number of rotatable bonds is 8. The lowest BCUT2D eigenvalue weighted by Gasteiger charge is -2.47. The minimum Gasteiger partial charge on any atom is -0.355 e. The number of nitrogens with zero attached hydrogens (tertiary/aromatic N) is 4. The van der Waals surface area contributed by atoms with Gasteiger partial charge in [-0.2, -0.15) is 0 Å². The van der Waals surface area contributed by atoms with Crippen molar-refractivity contribution in [3.05, 3.63) is 35.9 Å². The molecule has 2 unspecified atom stereocenters. The van der Waals surface area contributed by atoms with Crippen molar-refractivity contribution < 1.29 is 0 Å². The van der Waals surface area contributed by atoms with E-state index in [1.54, 1.807) is 0 Å². The van der Waals surface area contributed by atoms with E-state index in [2.05, 4.69) is 74.5 Å². The normalized spacial score (nSPS) is 25.3. The van der Waals surface area contributed by atoms with Crippen LogP contribution in [-0.4, -0.2) is 92.7 Å². The molecule has 3 fully saturated rings. The van der Waals surface area contributed by atoms with Crippen LogP contribution in [0.25, 0.3) is 0 Å². The number of guanidine groups is 1. The monoisotopic (exact) mass is 500 g/mol. The Balaban J connectivity index is 0.00000280. The van der Waals surface area contributed by atoms with Crippen molar-refractivity contribution in [1.82, 2.24) is 25.3 Å². The molecule has 0 amide bonds. The summed E-state index contributed by atoms with van der Waals surface area (Å²) in [6.45, 7) is 14.4. The second-order valence-electron chi connectivity index (χ2n) is 7.47. The van der Waals surface area contributed by atoms with Crippen LogP contribution in [-0.2, 0) is 0 Å². The molecular weight excluding hydrogens is 463 g/mol. The third kappa shape index (κ3) is 6.05. The summed E-state index contributed by atoms with van der Waals surface area (Å²) in [6.07, 6.45) is 0. The molecule has 0 spiro atoms. The van der Waals surface area contributed by atoms with Gasteiger partial charge in [0, 0.05) is 58.9 Å². The zero-order valence-electron chi connectivity index (χ0n) is 17.6. The molecule has 0 radical (unpaired) electrons. The molecule has 0 aliphatic carbocycles. The van der Waals surface area contributed by atoms with Gasteiger partial charge in [-0.3, -0.25) is 19.7 Å². The number of piperazine rings is 3. The van der Waals surface area contributed by atoms with E-state index in [9.17, 15) is 0 Å². The van der Waals surface area contributed by atoms with Gasteiger partial charge in [0.25, 0.3) is 0 Å². The number of fused-ring (bicyclic) bond motifs is 3. The maximum atomic E-state index is 4.45. The molecule has 2 bridgehead atoms. The highest BCUT2D eigenvalue weighted by Crippen LogP contribution is 2.19. The Kier molecular flexibility index (Phi) is 9.98. The third-order valence-corrected chi connectivity index (χ3v) is 6.02. The predicted octanol–water partition coefficient (Wildman–Crippen LogP) is 1.85. The molecule has 1 aromatic rings. The van der Waals surface area contributed by atoms with Crippen LogP contribution in [0.1, 0.15) is 25.5 Å². The average Bonchev–Trinajstić information content (AvgIpc) is 2.74. The number of aliphatic imine (C=N–C) groups is 1. The fourth-order valence-electron chi connectivity index (χ4n) is 4.34. The minimum atomic E-state index is 0. The summed E-state index contributed by atoms with van der Waals surface area (Å²) in [6, 6.07) is 11.7. The molecule has 6 nitrogen and oxygen atoms in total. The minimum absolute atomic E-state index is 0. The number of halogens is 1. The molecule has 1 aromatic carbocycles. The molecule has 7 heteroatoms. The Bertz CT molecular complexity index is 584. The zero-order chi connectivity index (χ0) is 19.1. The number of hydrogen-bond acceptors (Lipinski definition) is 4. The van der Waals surface area contributed by atoms with E-state index in [-0.39, 0.29) is 24.0 Å². The largest absolute Gasteiger partial charge is 0.355 e. The highest BCUT2D eigenvalue weighted by molar-refractivity contribution is 14.0. The fourth-order valence-corrected chi connectivity index (χ4v) is 4.34. The summed E-state index contributed by atoms with van der Waals surface area (Å²) >= 11 is 0. The van der Waals surface area contributed by atoms with Gasteiger partial charge in [-0.15, -0.1) is 24.0 Å². The van der Waals surface area contributed by atoms with Gasteiger partial charge < -0.3 is 10.6 Å². The number of nitrogens with one attached hydrogen (secondary N) is 2. The van der Waals surface area contributed by atoms with Crippen LogP contribution >= 0.6 is 24.0 Å². The first-order valence-corrected chi connectivity index (χ1v) is 10.4. The summed E-state index contributed by atoms with van der Waals surface area (Å²) in [7, 11) is 1.86. The SMILES string of the molecule is CCN(CC)C(CNC(=NC)NCC1CN2CCN1CC2)c1ccccc1.I. The Hall–Kier alpha value is -0.900. The highest BCUT2D eigenvalue weighted by atomic mass is 127. The first kappa shape index (κ1) is 23.4. The van der Waals surface area contributed by atoms with E-state index in [1.807, 2.05) is 7.05 Å². The maximum Gasteiger partial charge on any atom is 0.191 e. The molecule has 3 aliphatic rings. The van der Waals surface area contributed by atoms with Crippen LogP contribution in [0.5, 0.6) is 0 Å². The van der Waals surface area contributed by atoms with Gasteiger partial charge in [0.2, 0.25) is 0 Å². The van der Waals surface area contributed by atoms with Gasteiger partial charge >= 0.3 is 0 Å². The van der Waals surface area contributed by atoms with E-state index in [1.165, 1.54) is 38.3 Å². The first-order valence-electron chi connectivity index (χ1n) is 10.4. The Morgan fingerprint density at radius 3 is 2.32 bits per heavy atom. The Morgan fingerprint density at radius 1 is 1.11 bits per heavy atom. The smallest absolute Gasteiger partial charge is 0.191 e. The van der Waals surface area contributed by atoms with Crippen molar-refractivity contribution in [2.24, 2.45) is 4.99 Å². The average molecular weight is 500 g/mol. The van der Waals surface area contributed by atoms with Gasteiger partial charge in [-0.1, -0.05) is 44.2 Å². The van der Waals surface area contributed by atoms with E-state index in [4.69, 9.17) is 0 Å². The van der Waals surface area contributed by atoms with Crippen molar-refractivity contribution in [3.8, 4) is 0 Å². The first-order chi connectivity index (χ1) is 13.2. The second kappa shape index (κ2) is 11.9. The zero-order valence-corrected chi connectivity index (χ0v) is 19.9. The van der Waals surface area contributed by atoms with Gasteiger partial charge in [0.05, 0.1) is 6.04 Å². The van der Waals surface area contributed by atoms with Gasteiger partial charge in [0.15, 0.2) is 5.96 Å². The van der Waals surface area contributed by atoms with Crippen LogP contribution in [0.15, 0.2) is 35.3 Å². The highest BCUT2D eigenvalue weighted by Gasteiger charge is 2.31. The van der Waals surface area contributed by atoms with Crippen LogP contribution in [0, 0.1) is 0 Å². The molecule has 28 heavy (non-hydrogen) atoms. The van der Waals surface area contributed by atoms with E-state index >= 15 is 0 Å². The standard InChI is InChI=1S/C21H36N6.HI/c1-4-26(5-2)20(18-9-7-6-8-10-18)16-24-21(22-3)23-15-19-17-25-11-13-27(19)14-12-25;/h6-10,19-20H,4-5,11-17H2,1-3H3,(H2,22,23,24);1H. The number of likely N-dealkylation sites (N-methyl/N-ethyl adjacent to an activating group) is 1. The molecule has 158 valence electrons. The lowest BCUT2D eigenvalue weighted by Crippen LogP contribution is -2.64. The van der Waals surface area contributed by atoms with Crippen LogP contribution in [0.3, 0.4) is 0 Å². The van der Waals surface area contributed by atoms with Gasteiger partial charge in [-0.25, -0.2) is 0 Å². The van der Waals surface area contributed by atoms with E-state index < -0.39 is 0 Å². The summed E-state index contributed by atoms with van der Waals surface area (Å²) in [5, 5.41) is 7.12. The van der Waals surface area contributed by atoms with Crippen molar-refractivity contribution in [1.29, 1.82) is 0 Å². The molecule has 3 heterocycles. The van der Waals surface area contributed by atoms with Crippen LogP contribution in [0.4, 0.5) is 0 Å². The summed E-state index contributed by atoms with van der Waals surface area (Å²) in [4.78, 5) is 12.1. The van der Waals surface area contributed by atoms with Crippen molar-refractivity contribution >= 4 is 29.9 Å². The molecule has 0 saturated carbocycles. The van der Waals surface area contributed by atoms with Crippen molar-refractivity contribution in [3.63, 3.8) is 0 Å².